The van der Waals surface area contributed by atoms with E-state index in [1.165, 1.54) is 105 Å². The van der Waals surface area contributed by atoms with Crippen LogP contribution in [-0.2, 0) is 10.8 Å². The molecule has 1 heterocycles. The Morgan fingerprint density at radius 2 is 0.735 bits per heavy atom. The monoisotopic (exact) mass is 870 g/mol. The van der Waals surface area contributed by atoms with Crippen molar-refractivity contribution in [2.75, 3.05) is 4.90 Å². The van der Waals surface area contributed by atoms with Gasteiger partial charge in [-0.1, -0.05) is 173 Å². The van der Waals surface area contributed by atoms with Crippen molar-refractivity contribution in [1.82, 2.24) is 4.57 Å². The molecule has 13 rings (SSSR count). The highest BCUT2D eigenvalue weighted by atomic mass is 15.1. The Bertz CT molecular complexity index is 3750. The van der Waals surface area contributed by atoms with Crippen LogP contribution in [0.25, 0.3) is 83.1 Å². The molecule has 2 aliphatic carbocycles. The zero-order valence-electron chi connectivity index (χ0n) is 38.8. The Morgan fingerprint density at radius 3 is 1.40 bits per heavy atom. The fourth-order valence-electron chi connectivity index (χ4n) is 11.6. The van der Waals surface area contributed by atoms with Crippen molar-refractivity contribution in [1.29, 1.82) is 0 Å². The van der Waals surface area contributed by atoms with Crippen molar-refractivity contribution in [2.45, 2.75) is 38.5 Å². The fourth-order valence-corrected chi connectivity index (χ4v) is 11.6. The van der Waals surface area contributed by atoms with Crippen LogP contribution in [0.4, 0.5) is 17.1 Å². The number of nitrogens with zero attached hydrogens (tertiary/aromatic N) is 2. The molecule has 0 fully saturated rings. The van der Waals surface area contributed by atoms with Crippen molar-refractivity contribution < 1.29 is 0 Å². The minimum atomic E-state index is -0.214. The first kappa shape index (κ1) is 40.1. The molecular formula is C66H50N2. The van der Waals surface area contributed by atoms with Gasteiger partial charge in [0.1, 0.15) is 0 Å². The van der Waals surface area contributed by atoms with Gasteiger partial charge in [0.15, 0.2) is 0 Å². The smallest absolute Gasteiger partial charge is 0.0541 e. The van der Waals surface area contributed by atoms with Crippen LogP contribution in [0.1, 0.15) is 49.9 Å². The molecule has 2 nitrogen and oxygen atoms in total. The first-order valence-electron chi connectivity index (χ1n) is 23.9. The Morgan fingerprint density at radius 1 is 0.294 bits per heavy atom. The molecule has 68 heavy (non-hydrogen) atoms. The quantitative estimate of drug-likeness (QED) is 0.155. The third-order valence-electron chi connectivity index (χ3n) is 15.2. The van der Waals surface area contributed by atoms with Crippen LogP contribution >= 0.6 is 0 Å². The standard InChI is InChI=1S/C66H50N2/c1-65(2)59-36-28-47(44-18-10-6-11-19-44)38-55(59)57-42-61-56(41-62(57)65)53-35-34-52(40-60(53)66(61,3)4)67(50-30-24-45(25-31-50)43-16-8-5-9-17-43)51-32-26-46(27-33-51)48-29-37-64-58(39-48)54-22-14-15-23-63(54)68(64)49-20-12-7-13-21-49/h5-42H,1-4H3. The molecule has 0 N–H and O–H groups in total. The summed E-state index contributed by atoms with van der Waals surface area (Å²) in [5.41, 5.74) is 24.9. The number of hydrogen-bond donors (Lipinski definition) is 0. The van der Waals surface area contributed by atoms with E-state index >= 15 is 0 Å². The molecule has 0 amide bonds. The van der Waals surface area contributed by atoms with E-state index in [1.807, 2.05) is 0 Å². The van der Waals surface area contributed by atoms with Crippen LogP contribution in [0.5, 0.6) is 0 Å². The van der Waals surface area contributed by atoms with E-state index in [0.717, 1.165) is 17.1 Å². The van der Waals surface area contributed by atoms with Crippen molar-refractivity contribution in [3.05, 3.63) is 253 Å². The molecule has 0 spiro atoms. The molecule has 324 valence electrons. The van der Waals surface area contributed by atoms with E-state index in [4.69, 9.17) is 0 Å². The minimum Gasteiger partial charge on any atom is -0.310 e. The zero-order chi connectivity index (χ0) is 45.7. The molecular weight excluding hydrogens is 821 g/mol. The Labute approximate surface area is 399 Å². The molecule has 0 unspecified atom stereocenters. The van der Waals surface area contributed by atoms with Gasteiger partial charge in [-0.05, 0) is 163 Å². The fraction of sp³-hybridized carbons (Fsp3) is 0.0909. The number of rotatable bonds is 7. The molecule has 0 saturated heterocycles. The number of anilines is 3. The summed E-state index contributed by atoms with van der Waals surface area (Å²) in [6.07, 6.45) is 0. The first-order chi connectivity index (χ1) is 33.2. The van der Waals surface area contributed by atoms with Crippen LogP contribution < -0.4 is 4.90 Å². The van der Waals surface area contributed by atoms with E-state index in [0.29, 0.717) is 0 Å². The summed E-state index contributed by atoms with van der Waals surface area (Å²) >= 11 is 0. The van der Waals surface area contributed by atoms with Crippen LogP contribution in [0, 0.1) is 0 Å². The van der Waals surface area contributed by atoms with E-state index in [2.05, 4.69) is 268 Å². The summed E-state index contributed by atoms with van der Waals surface area (Å²) in [4.78, 5) is 2.43. The van der Waals surface area contributed by atoms with Crippen LogP contribution in [0.3, 0.4) is 0 Å². The number of para-hydroxylation sites is 2. The molecule has 0 atom stereocenters. The van der Waals surface area contributed by atoms with Crippen molar-refractivity contribution in [2.24, 2.45) is 0 Å². The summed E-state index contributed by atoms with van der Waals surface area (Å²) in [7, 11) is 0. The van der Waals surface area contributed by atoms with Crippen molar-refractivity contribution in [3.8, 4) is 61.3 Å². The lowest BCUT2D eigenvalue weighted by Crippen LogP contribution is -2.17. The minimum absolute atomic E-state index is 0.108. The molecule has 11 aromatic rings. The Hall–Kier alpha value is -8.20. The van der Waals surface area contributed by atoms with Gasteiger partial charge in [0.25, 0.3) is 0 Å². The molecule has 2 heteroatoms. The topological polar surface area (TPSA) is 8.17 Å². The van der Waals surface area contributed by atoms with Crippen molar-refractivity contribution >= 4 is 38.9 Å². The average molecular weight is 871 g/mol. The van der Waals surface area contributed by atoms with Gasteiger partial charge < -0.3 is 9.47 Å². The van der Waals surface area contributed by atoms with Crippen LogP contribution in [0.15, 0.2) is 231 Å². The zero-order valence-corrected chi connectivity index (χ0v) is 38.8. The average Bonchev–Trinajstić information content (AvgIpc) is 3.92. The van der Waals surface area contributed by atoms with Gasteiger partial charge in [-0.15, -0.1) is 0 Å². The van der Waals surface area contributed by atoms with Gasteiger partial charge in [-0.2, -0.15) is 0 Å². The number of hydrogen-bond acceptors (Lipinski definition) is 1. The SMILES string of the molecule is CC1(C)c2ccc(-c3ccccc3)cc2-c2cc3c(cc21)-c1ccc(N(c2ccc(-c4ccccc4)cc2)c2ccc(-c4ccc5c(c4)c4ccccc4n5-c4ccccc4)cc2)cc1C3(C)C. The van der Waals surface area contributed by atoms with Gasteiger partial charge >= 0.3 is 0 Å². The molecule has 1 aromatic heterocycles. The normalized spacial score (nSPS) is 13.8. The molecule has 0 aliphatic heterocycles. The van der Waals surface area contributed by atoms with Crippen molar-refractivity contribution in [3.63, 3.8) is 0 Å². The van der Waals surface area contributed by atoms with E-state index in [-0.39, 0.29) is 10.8 Å². The van der Waals surface area contributed by atoms with Crippen LogP contribution in [-0.4, -0.2) is 4.57 Å². The summed E-state index contributed by atoms with van der Waals surface area (Å²) < 4.78 is 2.38. The molecule has 10 aromatic carbocycles. The maximum atomic E-state index is 2.53. The largest absolute Gasteiger partial charge is 0.310 e. The lowest BCUT2D eigenvalue weighted by atomic mass is 9.79. The summed E-state index contributed by atoms with van der Waals surface area (Å²) in [6, 6.07) is 85.3. The van der Waals surface area contributed by atoms with Gasteiger partial charge in [-0.25, -0.2) is 0 Å². The second-order valence-corrected chi connectivity index (χ2v) is 19.8. The van der Waals surface area contributed by atoms with E-state index in [9.17, 15) is 0 Å². The molecule has 2 aliphatic rings. The molecule has 0 saturated carbocycles. The van der Waals surface area contributed by atoms with Gasteiger partial charge in [-0.3, -0.25) is 0 Å². The summed E-state index contributed by atoms with van der Waals surface area (Å²) in [6.45, 7) is 9.62. The highest BCUT2D eigenvalue weighted by molar-refractivity contribution is 6.10. The summed E-state index contributed by atoms with van der Waals surface area (Å²) in [5.74, 6) is 0. The molecule has 0 bridgehead atoms. The first-order valence-corrected chi connectivity index (χ1v) is 23.9. The van der Waals surface area contributed by atoms with Gasteiger partial charge in [0, 0.05) is 44.4 Å². The predicted octanol–water partition coefficient (Wildman–Crippen LogP) is 17.9. The predicted molar refractivity (Wildman–Crippen MR) is 287 cm³/mol. The third kappa shape index (κ3) is 6.17. The Balaban J connectivity index is 0.902. The lowest BCUT2D eigenvalue weighted by Gasteiger charge is -2.28. The maximum Gasteiger partial charge on any atom is 0.0541 e. The number of fused-ring (bicyclic) bond motifs is 9. The highest BCUT2D eigenvalue weighted by Crippen LogP contribution is 2.57. The number of aromatic nitrogens is 1. The van der Waals surface area contributed by atoms with E-state index < -0.39 is 0 Å². The third-order valence-corrected chi connectivity index (χ3v) is 15.2. The highest BCUT2D eigenvalue weighted by Gasteiger charge is 2.42. The van der Waals surface area contributed by atoms with Crippen LogP contribution in [0.2, 0.25) is 0 Å². The number of benzene rings is 10. The van der Waals surface area contributed by atoms with Gasteiger partial charge in [0.2, 0.25) is 0 Å². The van der Waals surface area contributed by atoms with Gasteiger partial charge in [0.05, 0.1) is 11.0 Å². The molecule has 0 radical (unpaired) electrons. The maximum absolute atomic E-state index is 2.53. The lowest BCUT2D eigenvalue weighted by molar-refractivity contribution is 0.652. The Kier molecular flexibility index (Phi) is 8.95. The van der Waals surface area contributed by atoms with E-state index in [1.54, 1.807) is 0 Å². The summed E-state index contributed by atoms with van der Waals surface area (Å²) in [5, 5.41) is 2.51. The second kappa shape index (κ2) is 15.2. The second-order valence-electron chi connectivity index (χ2n) is 19.8.